The van der Waals surface area contributed by atoms with Gasteiger partial charge in [0, 0.05) is 23.0 Å². The lowest BCUT2D eigenvalue weighted by Gasteiger charge is -2.26. The van der Waals surface area contributed by atoms with Gasteiger partial charge in [-0.05, 0) is 50.8 Å². The van der Waals surface area contributed by atoms with Gasteiger partial charge in [-0.1, -0.05) is 0 Å². The molecule has 0 saturated heterocycles. The zero-order valence-electron chi connectivity index (χ0n) is 19.2. The molecular weight excluding hydrogens is 451 g/mol. The van der Waals surface area contributed by atoms with Gasteiger partial charge in [0.2, 0.25) is 0 Å². The van der Waals surface area contributed by atoms with E-state index < -0.39 is 18.5 Å². The van der Waals surface area contributed by atoms with Crippen LogP contribution in [-0.2, 0) is 0 Å². The van der Waals surface area contributed by atoms with Crippen LogP contribution in [0, 0.1) is 24.1 Å². The van der Waals surface area contributed by atoms with Gasteiger partial charge in [-0.25, -0.2) is 8.91 Å². The first-order chi connectivity index (χ1) is 17.0. The molecule has 9 nitrogen and oxygen atoms in total. The van der Waals surface area contributed by atoms with Crippen LogP contribution < -0.4 is 4.74 Å². The highest BCUT2D eigenvalue weighted by atomic mass is 19.1. The molecule has 1 aliphatic rings. The first kappa shape index (κ1) is 23.0. The number of aromatic nitrogens is 5. The molecular formula is C25H25FN6O3. The third-order valence-corrected chi connectivity index (χ3v) is 6.58. The Kier molecular flexibility index (Phi) is 6.19. The van der Waals surface area contributed by atoms with Crippen LogP contribution in [0.4, 0.5) is 4.39 Å². The SMILES string of the molecule is Cc1c(-c2cc(O[C@@H](CO)c3ccc(F)cn3)c3c(C#N)cnn3c2)cnn1C1CCC(O)CC1. The standard InChI is InChI=1S/C25H25FN6O3/c1-15-21(12-30-32(15)19-3-5-20(34)6-4-19)16-8-23(25-17(9-27)10-29-31(25)13-16)35-24(14-33)22-7-2-18(26)11-28-22/h2,7-8,10-13,19-20,24,33-34H,3-6,14H2,1H3/t19?,20?,24-/m0/s1. The minimum absolute atomic E-state index is 0.227. The van der Waals surface area contributed by atoms with Crippen molar-refractivity contribution in [3.8, 4) is 22.9 Å². The maximum absolute atomic E-state index is 13.3. The Balaban J connectivity index is 1.55. The summed E-state index contributed by atoms with van der Waals surface area (Å²) >= 11 is 0. The van der Waals surface area contributed by atoms with Gasteiger partial charge in [0.1, 0.15) is 28.7 Å². The molecule has 1 fully saturated rings. The molecule has 4 aromatic heterocycles. The molecule has 5 rings (SSSR count). The molecule has 180 valence electrons. The van der Waals surface area contributed by atoms with Gasteiger partial charge in [0.25, 0.3) is 0 Å². The number of hydrogen-bond acceptors (Lipinski definition) is 7. The lowest BCUT2D eigenvalue weighted by atomic mass is 9.93. The van der Waals surface area contributed by atoms with Crippen LogP contribution >= 0.6 is 0 Å². The van der Waals surface area contributed by atoms with Gasteiger partial charge in [0.05, 0.1) is 43.0 Å². The van der Waals surface area contributed by atoms with E-state index in [1.165, 1.54) is 18.3 Å². The predicted molar refractivity (Wildman–Crippen MR) is 124 cm³/mol. The summed E-state index contributed by atoms with van der Waals surface area (Å²) in [4.78, 5) is 4.03. The van der Waals surface area contributed by atoms with Gasteiger partial charge in [-0.3, -0.25) is 9.67 Å². The Bertz CT molecular complexity index is 1380. The minimum Gasteiger partial charge on any atom is -0.479 e. The molecule has 0 bridgehead atoms. The van der Waals surface area contributed by atoms with Crippen LogP contribution in [0.2, 0.25) is 0 Å². The fourth-order valence-electron chi connectivity index (χ4n) is 4.70. The zero-order valence-corrected chi connectivity index (χ0v) is 19.2. The molecule has 1 saturated carbocycles. The second-order valence-corrected chi connectivity index (χ2v) is 8.80. The number of nitrogens with zero attached hydrogens (tertiary/aromatic N) is 6. The highest BCUT2D eigenvalue weighted by Crippen LogP contribution is 2.36. The van der Waals surface area contributed by atoms with E-state index in [-0.39, 0.29) is 12.1 Å². The van der Waals surface area contributed by atoms with Crippen molar-refractivity contribution < 1.29 is 19.3 Å². The van der Waals surface area contributed by atoms with Crippen molar-refractivity contribution in [3.05, 3.63) is 65.8 Å². The highest BCUT2D eigenvalue weighted by molar-refractivity contribution is 5.76. The first-order valence-corrected chi connectivity index (χ1v) is 11.5. The molecule has 0 aliphatic heterocycles. The number of pyridine rings is 2. The Morgan fingerprint density at radius 2 is 2.00 bits per heavy atom. The number of nitriles is 1. The first-order valence-electron chi connectivity index (χ1n) is 11.5. The van der Waals surface area contributed by atoms with E-state index in [4.69, 9.17) is 4.74 Å². The van der Waals surface area contributed by atoms with Gasteiger partial charge in [-0.2, -0.15) is 15.5 Å². The Morgan fingerprint density at radius 1 is 1.20 bits per heavy atom. The maximum atomic E-state index is 13.3. The molecule has 4 heterocycles. The van der Waals surface area contributed by atoms with Crippen LogP contribution in [0.3, 0.4) is 0 Å². The van der Waals surface area contributed by atoms with Crippen LogP contribution in [0.15, 0.2) is 43.0 Å². The normalized spacial score (nSPS) is 18.9. The molecule has 4 aromatic rings. The van der Waals surface area contributed by atoms with Gasteiger partial charge in [0.15, 0.2) is 6.10 Å². The van der Waals surface area contributed by atoms with Gasteiger partial charge in [-0.15, -0.1) is 0 Å². The fourth-order valence-corrected chi connectivity index (χ4v) is 4.70. The molecule has 35 heavy (non-hydrogen) atoms. The summed E-state index contributed by atoms with van der Waals surface area (Å²) in [7, 11) is 0. The summed E-state index contributed by atoms with van der Waals surface area (Å²) in [5.41, 5.74) is 3.79. The van der Waals surface area contributed by atoms with Crippen molar-refractivity contribution in [2.24, 2.45) is 0 Å². The number of halogens is 1. The molecule has 0 amide bonds. The average Bonchev–Trinajstić information content (AvgIpc) is 3.47. The van der Waals surface area contributed by atoms with E-state index in [1.807, 2.05) is 17.8 Å². The third kappa shape index (κ3) is 4.36. The van der Waals surface area contributed by atoms with Crippen molar-refractivity contribution >= 4 is 5.52 Å². The van der Waals surface area contributed by atoms with Gasteiger partial charge >= 0.3 is 0 Å². The lowest BCUT2D eigenvalue weighted by molar-refractivity contribution is 0.107. The van der Waals surface area contributed by atoms with Crippen molar-refractivity contribution in [3.63, 3.8) is 0 Å². The van der Waals surface area contributed by atoms with Crippen LogP contribution in [0.5, 0.6) is 5.75 Å². The van der Waals surface area contributed by atoms with Crippen LogP contribution in [0.25, 0.3) is 16.6 Å². The van der Waals surface area contributed by atoms with Gasteiger partial charge < -0.3 is 14.9 Å². The van der Waals surface area contributed by atoms with E-state index >= 15 is 0 Å². The van der Waals surface area contributed by atoms with Crippen molar-refractivity contribution in [1.29, 1.82) is 5.26 Å². The fraction of sp³-hybridized carbons (Fsp3) is 0.360. The van der Waals surface area contributed by atoms with E-state index in [0.29, 0.717) is 22.5 Å². The number of hydrogen-bond donors (Lipinski definition) is 2. The summed E-state index contributed by atoms with van der Waals surface area (Å²) in [6.07, 6.45) is 8.27. The predicted octanol–water partition coefficient (Wildman–Crippen LogP) is 3.50. The average molecular weight is 477 g/mol. The van der Waals surface area contributed by atoms with E-state index in [1.54, 1.807) is 16.8 Å². The molecule has 0 aromatic carbocycles. The van der Waals surface area contributed by atoms with E-state index in [2.05, 4.69) is 21.3 Å². The van der Waals surface area contributed by atoms with E-state index in [0.717, 1.165) is 48.7 Å². The quantitative estimate of drug-likeness (QED) is 0.437. The summed E-state index contributed by atoms with van der Waals surface area (Å²) in [5.74, 6) is -0.146. The number of rotatable bonds is 6. The van der Waals surface area contributed by atoms with Crippen LogP contribution in [0.1, 0.15) is 54.8 Å². The highest BCUT2D eigenvalue weighted by Gasteiger charge is 2.25. The summed E-state index contributed by atoms with van der Waals surface area (Å²) < 4.78 is 23.1. The zero-order chi connectivity index (χ0) is 24.5. The second kappa shape index (κ2) is 9.44. The Labute approximate surface area is 201 Å². The molecule has 2 N–H and O–H groups in total. The maximum Gasteiger partial charge on any atom is 0.163 e. The molecule has 0 unspecified atom stereocenters. The number of ether oxygens (including phenoxy) is 1. The molecule has 1 atom stereocenters. The largest absolute Gasteiger partial charge is 0.479 e. The summed E-state index contributed by atoms with van der Waals surface area (Å²) in [5, 5.41) is 38.4. The number of aliphatic hydroxyl groups excluding tert-OH is 2. The second-order valence-electron chi connectivity index (χ2n) is 8.80. The number of fused-ring (bicyclic) bond motifs is 1. The number of aliphatic hydroxyl groups is 2. The topological polar surface area (TPSA) is 121 Å². The minimum atomic E-state index is -0.867. The third-order valence-electron chi connectivity index (χ3n) is 6.58. The van der Waals surface area contributed by atoms with Crippen LogP contribution in [-0.4, -0.2) is 47.3 Å². The lowest BCUT2D eigenvalue weighted by Crippen LogP contribution is -2.22. The summed E-state index contributed by atoms with van der Waals surface area (Å²) in [6.45, 7) is 1.61. The van der Waals surface area contributed by atoms with Crippen molar-refractivity contribution in [1.82, 2.24) is 24.4 Å². The van der Waals surface area contributed by atoms with Crippen molar-refractivity contribution in [2.75, 3.05) is 6.61 Å². The molecule has 1 aliphatic carbocycles. The molecule has 0 radical (unpaired) electrons. The Morgan fingerprint density at radius 3 is 2.69 bits per heavy atom. The molecule has 10 heteroatoms. The summed E-state index contributed by atoms with van der Waals surface area (Å²) in [6, 6.07) is 6.85. The van der Waals surface area contributed by atoms with Crippen molar-refractivity contribution in [2.45, 2.75) is 50.9 Å². The van der Waals surface area contributed by atoms with E-state index in [9.17, 15) is 19.9 Å². The smallest absolute Gasteiger partial charge is 0.163 e. The Hall–Kier alpha value is -3.81. The monoisotopic (exact) mass is 476 g/mol. The molecule has 0 spiro atoms.